The molecule has 0 N–H and O–H groups in total. The van der Waals surface area contributed by atoms with E-state index in [1.54, 1.807) is 18.4 Å². The molecule has 0 fully saturated rings. The lowest BCUT2D eigenvalue weighted by Crippen LogP contribution is -1.97. The van der Waals surface area contributed by atoms with Gasteiger partial charge in [-0.15, -0.1) is 0 Å². The van der Waals surface area contributed by atoms with Gasteiger partial charge in [-0.1, -0.05) is 36.5 Å². The Bertz CT molecular complexity index is 1170. The minimum atomic E-state index is -0.388. The van der Waals surface area contributed by atoms with Crippen molar-refractivity contribution in [3.63, 3.8) is 0 Å². The predicted octanol–water partition coefficient (Wildman–Crippen LogP) is 5.76. The van der Waals surface area contributed by atoms with E-state index >= 15 is 0 Å². The summed E-state index contributed by atoms with van der Waals surface area (Å²) in [4.78, 5) is 12.3. The molecular weight excluding hydrogens is 344 g/mol. The first-order valence-electron chi connectivity index (χ1n) is 8.27. The van der Waals surface area contributed by atoms with Crippen LogP contribution in [0.4, 0.5) is 0 Å². The highest BCUT2D eigenvalue weighted by Crippen LogP contribution is 2.29. The van der Waals surface area contributed by atoms with E-state index in [-0.39, 0.29) is 5.97 Å². The summed E-state index contributed by atoms with van der Waals surface area (Å²) in [7, 11) is 0. The van der Waals surface area contributed by atoms with Gasteiger partial charge in [0.15, 0.2) is 0 Å². The number of esters is 1. The van der Waals surface area contributed by atoms with Crippen molar-refractivity contribution in [3.05, 3.63) is 87.1 Å². The third-order valence-electron chi connectivity index (χ3n) is 4.53. The number of para-hydroxylation sites is 1. The summed E-state index contributed by atoms with van der Waals surface area (Å²) in [6, 6.07) is 13.6. The van der Waals surface area contributed by atoms with Gasteiger partial charge >= 0.3 is 5.97 Å². The first-order chi connectivity index (χ1) is 12.5. The van der Waals surface area contributed by atoms with E-state index in [1.807, 2.05) is 56.3 Å². The summed E-state index contributed by atoms with van der Waals surface area (Å²) in [5, 5.41) is 0.849. The number of benzene rings is 2. The van der Waals surface area contributed by atoms with E-state index in [0.717, 1.165) is 22.1 Å². The Morgan fingerprint density at radius 1 is 1.04 bits per heavy atom. The molecule has 0 saturated carbocycles. The number of carbonyl (C=O) groups is 1. The number of hydrogen-bond donors (Lipinski definition) is 0. The van der Waals surface area contributed by atoms with Crippen molar-refractivity contribution >= 4 is 41.0 Å². The Kier molecular flexibility index (Phi) is 4.05. The standard InChI is InChI=1S/C22H16O3S/c1-13-7-8-15(9-14(13)2)20-11-16(22(23)25-20)10-17-12-24-19-6-4-3-5-18(19)21(17)26/h3-12H,1-2H3/b16-10+. The first kappa shape index (κ1) is 16.5. The molecule has 0 aliphatic carbocycles. The number of ether oxygens (including phenoxy) is 1. The van der Waals surface area contributed by atoms with E-state index in [0.29, 0.717) is 21.4 Å². The average Bonchev–Trinajstić information content (AvgIpc) is 3.00. The van der Waals surface area contributed by atoms with Crippen LogP contribution >= 0.6 is 12.2 Å². The van der Waals surface area contributed by atoms with E-state index < -0.39 is 0 Å². The van der Waals surface area contributed by atoms with Crippen molar-refractivity contribution in [2.24, 2.45) is 0 Å². The van der Waals surface area contributed by atoms with E-state index in [9.17, 15) is 4.79 Å². The zero-order valence-corrected chi connectivity index (χ0v) is 15.2. The topological polar surface area (TPSA) is 39.4 Å². The molecule has 0 saturated heterocycles. The fourth-order valence-electron chi connectivity index (χ4n) is 2.89. The van der Waals surface area contributed by atoms with Gasteiger partial charge in [-0.3, -0.25) is 0 Å². The number of carbonyl (C=O) groups excluding carboxylic acids is 1. The van der Waals surface area contributed by atoms with E-state index in [4.69, 9.17) is 21.4 Å². The molecule has 3 aromatic rings. The quantitative estimate of drug-likeness (QED) is 0.331. The van der Waals surface area contributed by atoms with E-state index in [2.05, 4.69) is 0 Å². The highest BCUT2D eigenvalue weighted by Gasteiger charge is 2.22. The molecule has 1 aliphatic heterocycles. The van der Waals surface area contributed by atoms with Crippen LogP contribution in [0.3, 0.4) is 0 Å². The molecule has 0 bridgehead atoms. The molecule has 1 aliphatic rings. The van der Waals surface area contributed by atoms with Crippen LogP contribution in [0.5, 0.6) is 0 Å². The lowest BCUT2D eigenvalue weighted by atomic mass is 10.0. The summed E-state index contributed by atoms with van der Waals surface area (Å²) in [6.07, 6.45) is 5.04. The van der Waals surface area contributed by atoms with Crippen LogP contribution in [0.25, 0.3) is 22.8 Å². The summed E-state index contributed by atoms with van der Waals surface area (Å²) >= 11 is 5.54. The third kappa shape index (κ3) is 2.89. The van der Waals surface area contributed by atoms with Crippen LogP contribution in [0.1, 0.15) is 22.3 Å². The highest BCUT2D eigenvalue weighted by molar-refractivity contribution is 7.71. The summed E-state index contributed by atoms with van der Waals surface area (Å²) in [5.74, 6) is 0.161. The number of aryl methyl sites for hydroxylation is 2. The molecule has 26 heavy (non-hydrogen) atoms. The Morgan fingerprint density at radius 2 is 1.85 bits per heavy atom. The maximum Gasteiger partial charge on any atom is 0.343 e. The monoisotopic (exact) mass is 360 g/mol. The van der Waals surface area contributed by atoms with E-state index in [1.165, 1.54) is 5.56 Å². The van der Waals surface area contributed by atoms with Crippen LogP contribution in [0, 0.1) is 18.4 Å². The Hall–Kier alpha value is -2.98. The maximum atomic E-state index is 12.3. The molecule has 1 aromatic heterocycles. The molecule has 0 unspecified atom stereocenters. The number of rotatable bonds is 2. The Morgan fingerprint density at radius 3 is 2.65 bits per heavy atom. The summed E-state index contributed by atoms with van der Waals surface area (Å²) in [6.45, 7) is 4.08. The Labute approximate surface area is 156 Å². The molecule has 0 atom stereocenters. The van der Waals surface area contributed by atoms with Gasteiger partial charge in [0.05, 0.1) is 16.3 Å². The maximum absolute atomic E-state index is 12.3. The molecule has 4 rings (SSSR count). The second kappa shape index (κ2) is 6.39. The normalized spacial score (nSPS) is 15.4. The van der Waals surface area contributed by atoms with Gasteiger partial charge < -0.3 is 9.15 Å². The highest BCUT2D eigenvalue weighted by atomic mass is 32.1. The summed E-state index contributed by atoms with van der Waals surface area (Å²) < 4.78 is 11.7. The molecule has 0 spiro atoms. The van der Waals surface area contributed by atoms with Gasteiger partial charge in [-0.25, -0.2) is 4.79 Å². The van der Waals surface area contributed by atoms with Crippen LogP contribution in [0.15, 0.2) is 64.8 Å². The smallest absolute Gasteiger partial charge is 0.343 e. The second-order valence-electron chi connectivity index (χ2n) is 6.31. The zero-order valence-electron chi connectivity index (χ0n) is 14.4. The molecule has 0 amide bonds. The number of cyclic esters (lactones) is 1. The second-order valence-corrected chi connectivity index (χ2v) is 6.72. The minimum Gasteiger partial charge on any atom is -0.464 e. The van der Waals surface area contributed by atoms with Crippen molar-refractivity contribution in [2.45, 2.75) is 13.8 Å². The SMILES string of the molecule is Cc1ccc(C2=C/C(=C\c3coc4ccccc4c3=S)C(=O)O2)cc1C. The van der Waals surface area contributed by atoms with Gasteiger partial charge in [0.25, 0.3) is 0 Å². The van der Waals surface area contributed by atoms with Gasteiger partial charge in [-0.2, -0.15) is 0 Å². The largest absolute Gasteiger partial charge is 0.464 e. The summed E-state index contributed by atoms with van der Waals surface area (Å²) in [5.41, 5.74) is 5.09. The lowest BCUT2D eigenvalue weighted by molar-refractivity contribution is -0.130. The third-order valence-corrected chi connectivity index (χ3v) is 4.99. The predicted molar refractivity (Wildman–Crippen MR) is 105 cm³/mol. The first-order valence-corrected chi connectivity index (χ1v) is 8.67. The van der Waals surface area contributed by atoms with Crippen molar-refractivity contribution in [2.75, 3.05) is 0 Å². The molecule has 2 aromatic carbocycles. The van der Waals surface area contributed by atoms with Crippen LogP contribution in [0.2, 0.25) is 0 Å². The Balaban J connectivity index is 1.77. The molecule has 4 heteroatoms. The van der Waals surface area contributed by atoms with Gasteiger partial charge in [-0.05, 0) is 55.3 Å². The van der Waals surface area contributed by atoms with Crippen molar-refractivity contribution < 1.29 is 13.9 Å². The van der Waals surface area contributed by atoms with Crippen molar-refractivity contribution in [3.8, 4) is 0 Å². The average molecular weight is 360 g/mol. The van der Waals surface area contributed by atoms with Gasteiger partial charge in [0.1, 0.15) is 11.3 Å². The molecule has 2 heterocycles. The van der Waals surface area contributed by atoms with Crippen molar-refractivity contribution in [1.82, 2.24) is 0 Å². The lowest BCUT2D eigenvalue weighted by Gasteiger charge is -2.05. The van der Waals surface area contributed by atoms with Crippen LogP contribution in [-0.2, 0) is 9.53 Å². The fourth-order valence-corrected chi connectivity index (χ4v) is 3.16. The molecule has 128 valence electrons. The van der Waals surface area contributed by atoms with Crippen molar-refractivity contribution in [1.29, 1.82) is 0 Å². The van der Waals surface area contributed by atoms with Gasteiger partial charge in [0.2, 0.25) is 0 Å². The molecule has 3 nitrogen and oxygen atoms in total. The molecule has 0 radical (unpaired) electrons. The van der Waals surface area contributed by atoms with Crippen LogP contribution < -0.4 is 0 Å². The number of hydrogen-bond acceptors (Lipinski definition) is 4. The number of fused-ring (bicyclic) bond motifs is 1. The minimum absolute atomic E-state index is 0.388. The van der Waals surface area contributed by atoms with Gasteiger partial charge in [0, 0.05) is 16.5 Å². The zero-order chi connectivity index (χ0) is 18.3. The fraction of sp³-hybridized carbons (Fsp3) is 0.0909. The molecular formula is C22H16O3S. The van der Waals surface area contributed by atoms with Crippen LogP contribution in [-0.4, -0.2) is 5.97 Å².